The summed E-state index contributed by atoms with van der Waals surface area (Å²) in [5.74, 6) is 0.0954. The zero-order chi connectivity index (χ0) is 15.8. The molecule has 0 spiro atoms. The van der Waals surface area contributed by atoms with Crippen LogP contribution in [0.15, 0.2) is 12.4 Å². The Hall–Kier alpha value is -2.11. The van der Waals surface area contributed by atoms with Crippen LogP contribution >= 0.6 is 0 Å². The summed E-state index contributed by atoms with van der Waals surface area (Å²) >= 11 is 0. The molecule has 1 aliphatic heterocycles. The lowest BCUT2D eigenvalue weighted by Gasteiger charge is -2.35. The van der Waals surface area contributed by atoms with Gasteiger partial charge < -0.3 is 4.90 Å². The van der Waals surface area contributed by atoms with Gasteiger partial charge in [0.05, 0.1) is 18.8 Å². The molecule has 2 aliphatic rings. The monoisotopic (exact) mass is 313 g/mol. The number of piperidine rings is 1. The highest BCUT2D eigenvalue weighted by Crippen LogP contribution is 2.26. The van der Waals surface area contributed by atoms with Gasteiger partial charge in [-0.2, -0.15) is 10.2 Å². The maximum atomic E-state index is 13.0. The van der Waals surface area contributed by atoms with Gasteiger partial charge in [0, 0.05) is 24.0 Å². The minimum absolute atomic E-state index is 0.0954. The summed E-state index contributed by atoms with van der Waals surface area (Å²) in [5.41, 5.74) is 4.11. The lowest BCUT2D eigenvalue weighted by atomic mass is 10.0. The van der Waals surface area contributed by atoms with Crippen molar-refractivity contribution in [3.63, 3.8) is 0 Å². The smallest absolute Gasteiger partial charge is 0.274 e. The third-order valence-electron chi connectivity index (χ3n) is 5.06. The fraction of sp³-hybridized carbons (Fsp3) is 0.588. The number of hydrogen-bond donors (Lipinski definition) is 1. The van der Waals surface area contributed by atoms with Crippen LogP contribution in [0, 0.1) is 6.92 Å². The third kappa shape index (κ3) is 2.66. The van der Waals surface area contributed by atoms with Gasteiger partial charge in [-0.25, -0.2) is 0 Å². The number of aromatic nitrogens is 4. The van der Waals surface area contributed by atoms with Crippen LogP contribution < -0.4 is 0 Å². The standard InChI is InChI=1S/C17H23N5O/c1-12-9-18-21(10-12)11-13-5-2-3-8-22(13)17(23)16-14-6-4-7-15(14)19-20-16/h9-10,13H,2-8,11H2,1H3,(H,19,20)/t13-/m0/s1. The molecule has 1 amide bonds. The van der Waals surface area contributed by atoms with Crippen molar-refractivity contribution < 1.29 is 4.79 Å². The molecule has 1 atom stereocenters. The van der Waals surface area contributed by atoms with E-state index < -0.39 is 0 Å². The summed E-state index contributed by atoms with van der Waals surface area (Å²) in [5, 5.41) is 11.8. The Labute approximate surface area is 135 Å². The summed E-state index contributed by atoms with van der Waals surface area (Å²) < 4.78 is 1.96. The highest BCUT2D eigenvalue weighted by atomic mass is 16.2. The molecular formula is C17H23N5O. The van der Waals surface area contributed by atoms with Crippen LogP contribution in [0.25, 0.3) is 0 Å². The maximum Gasteiger partial charge on any atom is 0.274 e. The molecule has 6 nitrogen and oxygen atoms in total. The van der Waals surface area contributed by atoms with Gasteiger partial charge in [0.2, 0.25) is 0 Å². The topological polar surface area (TPSA) is 66.8 Å². The Morgan fingerprint density at radius 2 is 2.26 bits per heavy atom. The van der Waals surface area contributed by atoms with Gasteiger partial charge in [-0.05, 0) is 51.0 Å². The van der Waals surface area contributed by atoms with Crippen LogP contribution in [0.4, 0.5) is 0 Å². The first-order valence-corrected chi connectivity index (χ1v) is 8.58. The first-order chi connectivity index (χ1) is 11.2. The van der Waals surface area contributed by atoms with Gasteiger partial charge >= 0.3 is 0 Å². The Balaban J connectivity index is 1.55. The summed E-state index contributed by atoms with van der Waals surface area (Å²) in [6.07, 6.45) is 10.3. The number of aryl methyl sites for hydroxylation is 2. The first-order valence-electron chi connectivity index (χ1n) is 8.58. The lowest BCUT2D eigenvalue weighted by Crippen LogP contribution is -2.46. The number of aromatic amines is 1. The fourth-order valence-corrected chi connectivity index (χ4v) is 3.87. The number of fused-ring (bicyclic) bond motifs is 1. The number of nitrogens with zero attached hydrogens (tertiary/aromatic N) is 4. The molecule has 1 aliphatic carbocycles. The van der Waals surface area contributed by atoms with E-state index in [1.165, 1.54) is 6.42 Å². The van der Waals surface area contributed by atoms with Crippen molar-refractivity contribution in [3.05, 3.63) is 34.9 Å². The van der Waals surface area contributed by atoms with Crippen LogP contribution in [0.1, 0.15) is 53.0 Å². The van der Waals surface area contributed by atoms with Gasteiger partial charge in [-0.3, -0.25) is 14.6 Å². The zero-order valence-electron chi connectivity index (χ0n) is 13.6. The number of rotatable bonds is 3. The number of carbonyl (C=O) groups excluding carboxylic acids is 1. The second kappa shape index (κ2) is 5.83. The maximum absolute atomic E-state index is 13.0. The number of H-pyrrole nitrogens is 1. The van der Waals surface area contributed by atoms with E-state index in [4.69, 9.17) is 0 Å². The van der Waals surface area contributed by atoms with Crippen LogP contribution in [-0.4, -0.2) is 43.4 Å². The van der Waals surface area contributed by atoms with Crippen LogP contribution in [0.3, 0.4) is 0 Å². The fourth-order valence-electron chi connectivity index (χ4n) is 3.87. The van der Waals surface area contributed by atoms with Crippen molar-refractivity contribution >= 4 is 5.91 Å². The Kier molecular flexibility index (Phi) is 3.67. The minimum Gasteiger partial charge on any atom is -0.332 e. The summed E-state index contributed by atoms with van der Waals surface area (Å²) in [4.78, 5) is 15.1. The van der Waals surface area contributed by atoms with Crippen molar-refractivity contribution in [3.8, 4) is 0 Å². The third-order valence-corrected chi connectivity index (χ3v) is 5.06. The predicted molar refractivity (Wildman–Crippen MR) is 86.3 cm³/mol. The second-order valence-corrected chi connectivity index (χ2v) is 6.77. The average Bonchev–Trinajstić information content (AvgIpc) is 3.24. The van der Waals surface area contributed by atoms with Gasteiger partial charge in [-0.1, -0.05) is 0 Å². The van der Waals surface area contributed by atoms with E-state index in [9.17, 15) is 4.79 Å². The van der Waals surface area contributed by atoms with Crippen molar-refractivity contribution in [2.75, 3.05) is 6.54 Å². The second-order valence-electron chi connectivity index (χ2n) is 6.77. The predicted octanol–water partition coefficient (Wildman–Crippen LogP) is 2.10. The molecule has 3 heterocycles. The highest BCUT2D eigenvalue weighted by molar-refractivity contribution is 5.94. The normalized spacial score (nSPS) is 20.7. The van der Waals surface area contributed by atoms with E-state index >= 15 is 0 Å². The minimum atomic E-state index is 0.0954. The molecule has 0 saturated carbocycles. The molecule has 2 aromatic heterocycles. The number of hydrogen-bond acceptors (Lipinski definition) is 3. The van der Waals surface area contributed by atoms with Crippen LogP contribution in [0.2, 0.25) is 0 Å². The van der Waals surface area contributed by atoms with Crippen molar-refractivity contribution in [2.24, 2.45) is 0 Å². The molecule has 0 radical (unpaired) electrons. The van der Waals surface area contributed by atoms with Crippen molar-refractivity contribution in [1.82, 2.24) is 24.9 Å². The van der Waals surface area contributed by atoms with Crippen molar-refractivity contribution in [2.45, 2.75) is 58.0 Å². The Morgan fingerprint density at radius 1 is 1.35 bits per heavy atom. The average molecular weight is 313 g/mol. The molecule has 0 aromatic carbocycles. The van der Waals surface area contributed by atoms with Gasteiger partial charge in [0.25, 0.3) is 5.91 Å². The summed E-state index contributed by atoms with van der Waals surface area (Å²) in [7, 11) is 0. The molecule has 4 rings (SSSR count). The molecule has 23 heavy (non-hydrogen) atoms. The molecule has 1 saturated heterocycles. The molecule has 1 N–H and O–H groups in total. The van der Waals surface area contributed by atoms with E-state index in [0.717, 1.165) is 62.0 Å². The molecule has 122 valence electrons. The van der Waals surface area contributed by atoms with E-state index in [1.807, 2.05) is 28.9 Å². The summed E-state index contributed by atoms with van der Waals surface area (Å²) in [6.45, 7) is 3.64. The van der Waals surface area contributed by atoms with E-state index in [-0.39, 0.29) is 11.9 Å². The molecule has 6 heteroatoms. The highest BCUT2D eigenvalue weighted by Gasteiger charge is 2.32. The number of carbonyl (C=O) groups is 1. The SMILES string of the molecule is Cc1cnn(C[C@@H]2CCCCN2C(=O)c2n[nH]c3c2CCC3)c1. The summed E-state index contributed by atoms with van der Waals surface area (Å²) in [6, 6.07) is 0.212. The number of nitrogens with one attached hydrogen (secondary N) is 1. The molecule has 2 aromatic rings. The molecule has 0 bridgehead atoms. The number of amides is 1. The van der Waals surface area contributed by atoms with E-state index in [0.29, 0.717) is 5.69 Å². The quantitative estimate of drug-likeness (QED) is 0.943. The van der Waals surface area contributed by atoms with Gasteiger partial charge in [-0.15, -0.1) is 0 Å². The zero-order valence-corrected chi connectivity index (χ0v) is 13.6. The van der Waals surface area contributed by atoms with E-state index in [2.05, 4.69) is 15.3 Å². The molecular weight excluding hydrogens is 290 g/mol. The largest absolute Gasteiger partial charge is 0.332 e. The number of likely N-dealkylation sites (tertiary alicyclic amines) is 1. The Bertz CT molecular complexity index is 716. The first kappa shape index (κ1) is 14.5. The molecule has 1 fully saturated rings. The van der Waals surface area contributed by atoms with E-state index in [1.54, 1.807) is 0 Å². The van der Waals surface area contributed by atoms with Gasteiger partial charge in [0.15, 0.2) is 5.69 Å². The van der Waals surface area contributed by atoms with Crippen LogP contribution in [0.5, 0.6) is 0 Å². The molecule has 0 unspecified atom stereocenters. The van der Waals surface area contributed by atoms with Gasteiger partial charge in [0.1, 0.15) is 0 Å². The van der Waals surface area contributed by atoms with Crippen molar-refractivity contribution in [1.29, 1.82) is 0 Å². The lowest BCUT2D eigenvalue weighted by molar-refractivity contribution is 0.0576. The Morgan fingerprint density at radius 3 is 3.09 bits per heavy atom. The van der Waals surface area contributed by atoms with Crippen LogP contribution in [-0.2, 0) is 19.4 Å².